The first-order valence-corrected chi connectivity index (χ1v) is 10.8. The second kappa shape index (κ2) is 9.90. The lowest BCUT2D eigenvalue weighted by Crippen LogP contribution is -2.37. The minimum absolute atomic E-state index is 0.0457. The molecule has 0 saturated carbocycles. The fraction of sp³-hybridized carbons (Fsp3) is 0.250. The van der Waals surface area contributed by atoms with E-state index in [2.05, 4.69) is 5.32 Å². The van der Waals surface area contributed by atoms with E-state index < -0.39 is 34.5 Å². The van der Waals surface area contributed by atoms with Crippen LogP contribution in [0.25, 0.3) is 0 Å². The van der Waals surface area contributed by atoms with Gasteiger partial charge in [-0.15, -0.1) is 0 Å². The van der Waals surface area contributed by atoms with Gasteiger partial charge in [0.1, 0.15) is 0 Å². The van der Waals surface area contributed by atoms with Gasteiger partial charge in [-0.05, 0) is 55.3 Å². The minimum atomic E-state index is -3.80. The number of amides is 3. The van der Waals surface area contributed by atoms with Crippen molar-refractivity contribution in [1.82, 2.24) is 9.62 Å². The van der Waals surface area contributed by atoms with Crippen molar-refractivity contribution in [3.63, 3.8) is 0 Å². The SMILES string of the molecule is Cc1ccc(NC(=O)NC(=O)COC(=O)c2cc(S(=O)(=O)N(C)C)ccc2Cl)cc1C. The Kier molecular flexibility index (Phi) is 7.77. The Morgan fingerprint density at radius 3 is 2.32 bits per heavy atom. The summed E-state index contributed by atoms with van der Waals surface area (Å²) in [6.45, 7) is 3.04. The monoisotopic (exact) mass is 467 g/mol. The molecule has 2 aromatic rings. The fourth-order valence-corrected chi connectivity index (χ4v) is 3.51. The van der Waals surface area contributed by atoms with Crippen LogP contribution in [0, 0.1) is 13.8 Å². The number of imide groups is 1. The molecule has 0 aliphatic rings. The largest absolute Gasteiger partial charge is 0.452 e. The molecule has 0 aliphatic heterocycles. The average Bonchev–Trinajstić information content (AvgIpc) is 2.69. The molecule has 0 aliphatic carbocycles. The number of nitrogens with zero attached hydrogens (tertiary/aromatic N) is 1. The van der Waals surface area contributed by atoms with Gasteiger partial charge >= 0.3 is 12.0 Å². The molecule has 0 aromatic heterocycles. The van der Waals surface area contributed by atoms with Gasteiger partial charge in [0.15, 0.2) is 6.61 Å². The molecule has 0 radical (unpaired) electrons. The van der Waals surface area contributed by atoms with Crippen LogP contribution in [0.5, 0.6) is 0 Å². The summed E-state index contributed by atoms with van der Waals surface area (Å²) >= 11 is 5.96. The van der Waals surface area contributed by atoms with Gasteiger partial charge in [0.25, 0.3) is 5.91 Å². The molecule has 11 heteroatoms. The highest BCUT2D eigenvalue weighted by atomic mass is 35.5. The summed E-state index contributed by atoms with van der Waals surface area (Å²) in [7, 11) is -1.11. The molecule has 0 unspecified atom stereocenters. The molecular formula is C20H22ClN3O6S. The lowest BCUT2D eigenvalue weighted by molar-refractivity contribution is -0.123. The second-order valence-electron chi connectivity index (χ2n) is 6.81. The summed E-state index contributed by atoms with van der Waals surface area (Å²) in [5.74, 6) is -1.88. The van der Waals surface area contributed by atoms with Gasteiger partial charge in [0.2, 0.25) is 10.0 Å². The number of nitrogens with one attached hydrogen (secondary N) is 2. The first-order chi connectivity index (χ1) is 14.4. The van der Waals surface area contributed by atoms with Crippen molar-refractivity contribution in [2.75, 3.05) is 26.0 Å². The van der Waals surface area contributed by atoms with Crippen LogP contribution in [0.1, 0.15) is 21.5 Å². The molecule has 0 heterocycles. The quantitative estimate of drug-likeness (QED) is 0.630. The number of aryl methyl sites for hydroxylation is 2. The molecule has 166 valence electrons. The summed E-state index contributed by atoms with van der Waals surface area (Å²) < 4.78 is 30.3. The molecule has 3 amide bonds. The fourth-order valence-electron chi connectivity index (χ4n) is 2.39. The summed E-state index contributed by atoms with van der Waals surface area (Å²) in [5, 5.41) is 4.49. The van der Waals surface area contributed by atoms with Crippen LogP contribution in [-0.4, -0.2) is 51.3 Å². The van der Waals surface area contributed by atoms with Crippen LogP contribution in [0.3, 0.4) is 0 Å². The Morgan fingerprint density at radius 2 is 1.71 bits per heavy atom. The number of urea groups is 1. The van der Waals surface area contributed by atoms with Crippen molar-refractivity contribution in [1.29, 1.82) is 0 Å². The number of hydrogen-bond acceptors (Lipinski definition) is 6. The van der Waals surface area contributed by atoms with E-state index in [-0.39, 0.29) is 15.5 Å². The molecule has 2 N–H and O–H groups in total. The summed E-state index contributed by atoms with van der Waals surface area (Å²) in [4.78, 5) is 36.0. The minimum Gasteiger partial charge on any atom is -0.452 e. The number of rotatable bonds is 6. The molecule has 2 aromatic carbocycles. The third-order valence-electron chi connectivity index (χ3n) is 4.29. The Balaban J connectivity index is 1.98. The van der Waals surface area contributed by atoms with E-state index in [9.17, 15) is 22.8 Å². The van der Waals surface area contributed by atoms with Crippen LogP contribution in [-0.2, 0) is 19.6 Å². The van der Waals surface area contributed by atoms with Gasteiger partial charge in [-0.1, -0.05) is 17.7 Å². The molecule has 9 nitrogen and oxygen atoms in total. The number of halogens is 1. The molecule has 0 spiro atoms. The number of benzene rings is 2. The van der Waals surface area contributed by atoms with Crippen molar-refractivity contribution in [3.05, 3.63) is 58.1 Å². The van der Waals surface area contributed by atoms with Crippen molar-refractivity contribution >= 4 is 45.2 Å². The van der Waals surface area contributed by atoms with Gasteiger partial charge < -0.3 is 10.1 Å². The average molecular weight is 468 g/mol. The third kappa shape index (κ3) is 6.27. The summed E-state index contributed by atoms with van der Waals surface area (Å²) in [6, 6.07) is 8.01. The van der Waals surface area contributed by atoms with Crippen molar-refractivity contribution in [3.8, 4) is 0 Å². The molecule has 0 atom stereocenters. The molecule has 0 saturated heterocycles. The van der Waals surface area contributed by atoms with E-state index in [1.165, 1.54) is 26.2 Å². The van der Waals surface area contributed by atoms with Gasteiger partial charge in [-0.3, -0.25) is 10.1 Å². The smallest absolute Gasteiger partial charge is 0.340 e. The number of sulfonamides is 1. The number of esters is 1. The Morgan fingerprint density at radius 1 is 1.03 bits per heavy atom. The maximum Gasteiger partial charge on any atom is 0.340 e. The Hall–Kier alpha value is -2.95. The van der Waals surface area contributed by atoms with Gasteiger partial charge in [0, 0.05) is 19.8 Å². The highest BCUT2D eigenvalue weighted by molar-refractivity contribution is 7.89. The van der Waals surface area contributed by atoms with Gasteiger partial charge in [-0.2, -0.15) is 0 Å². The van der Waals surface area contributed by atoms with E-state index in [0.717, 1.165) is 21.5 Å². The zero-order valence-corrected chi connectivity index (χ0v) is 18.9. The first-order valence-electron chi connectivity index (χ1n) is 8.99. The maximum absolute atomic E-state index is 12.3. The standard InChI is InChI=1S/C20H22ClN3O6S/c1-12-5-6-14(9-13(12)2)22-20(27)23-18(25)11-30-19(26)16-10-15(7-8-17(16)21)31(28,29)24(3)4/h5-10H,11H2,1-4H3,(H2,22,23,25,27). The summed E-state index contributed by atoms with van der Waals surface area (Å²) in [6.07, 6.45) is 0. The van der Waals surface area contributed by atoms with Crippen LogP contribution in [0.15, 0.2) is 41.3 Å². The highest BCUT2D eigenvalue weighted by Gasteiger charge is 2.22. The molecule has 2 rings (SSSR count). The number of anilines is 1. The van der Waals surface area contributed by atoms with Crippen LogP contribution in [0.2, 0.25) is 5.02 Å². The van der Waals surface area contributed by atoms with Crippen LogP contribution >= 0.6 is 11.6 Å². The maximum atomic E-state index is 12.3. The predicted octanol–water partition coefficient (Wildman–Crippen LogP) is 2.71. The molecule has 0 bridgehead atoms. The zero-order valence-electron chi connectivity index (χ0n) is 17.4. The molecule has 31 heavy (non-hydrogen) atoms. The highest BCUT2D eigenvalue weighted by Crippen LogP contribution is 2.23. The van der Waals surface area contributed by atoms with Gasteiger partial charge in [0.05, 0.1) is 15.5 Å². The van der Waals surface area contributed by atoms with Crippen LogP contribution < -0.4 is 10.6 Å². The van der Waals surface area contributed by atoms with Crippen molar-refractivity contribution in [2.24, 2.45) is 0 Å². The second-order valence-corrected chi connectivity index (χ2v) is 9.37. The Bertz CT molecular complexity index is 1130. The lowest BCUT2D eigenvalue weighted by atomic mass is 10.1. The van der Waals surface area contributed by atoms with E-state index in [4.69, 9.17) is 16.3 Å². The van der Waals surface area contributed by atoms with Crippen molar-refractivity contribution in [2.45, 2.75) is 18.7 Å². The third-order valence-corrected chi connectivity index (χ3v) is 6.43. The van der Waals surface area contributed by atoms with E-state index in [1.54, 1.807) is 12.1 Å². The Labute approximate surface area is 185 Å². The lowest BCUT2D eigenvalue weighted by Gasteiger charge is -2.13. The van der Waals surface area contributed by atoms with E-state index in [0.29, 0.717) is 5.69 Å². The number of carbonyl (C=O) groups excluding carboxylic acids is 3. The van der Waals surface area contributed by atoms with Crippen LogP contribution in [0.4, 0.5) is 10.5 Å². The number of hydrogen-bond donors (Lipinski definition) is 2. The topological polar surface area (TPSA) is 122 Å². The normalized spacial score (nSPS) is 11.2. The molecular weight excluding hydrogens is 446 g/mol. The van der Waals surface area contributed by atoms with E-state index in [1.807, 2.05) is 25.2 Å². The number of ether oxygens (including phenoxy) is 1. The van der Waals surface area contributed by atoms with E-state index >= 15 is 0 Å². The predicted molar refractivity (Wildman–Crippen MR) is 116 cm³/mol. The van der Waals surface area contributed by atoms with Gasteiger partial charge in [-0.25, -0.2) is 22.3 Å². The van der Waals surface area contributed by atoms with Crippen molar-refractivity contribution < 1.29 is 27.5 Å². The molecule has 0 fully saturated rings. The summed E-state index contributed by atoms with van der Waals surface area (Å²) in [5.41, 5.74) is 2.29. The number of carbonyl (C=O) groups is 3. The first kappa shape index (κ1) is 24.3. The zero-order chi connectivity index (χ0) is 23.3.